The van der Waals surface area contributed by atoms with E-state index in [4.69, 9.17) is 5.73 Å². The van der Waals surface area contributed by atoms with E-state index in [1.54, 1.807) is 15.3 Å². The average molecular weight is 249 g/mol. The maximum absolute atomic E-state index is 6.38. The molecule has 1 saturated carbocycles. The Balaban J connectivity index is 1.65. The van der Waals surface area contributed by atoms with Gasteiger partial charge in [-0.05, 0) is 62.5 Å². The summed E-state index contributed by atoms with van der Waals surface area (Å²) < 4.78 is 0. The molecular formula is C15H23NS. The lowest BCUT2D eigenvalue weighted by Crippen LogP contribution is -2.30. The van der Waals surface area contributed by atoms with Crippen molar-refractivity contribution in [3.05, 3.63) is 21.4 Å². The van der Waals surface area contributed by atoms with Crippen molar-refractivity contribution in [2.24, 2.45) is 11.7 Å². The van der Waals surface area contributed by atoms with Gasteiger partial charge < -0.3 is 5.73 Å². The molecule has 1 fully saturated rings. The highest BCUT2D eigenvalue weighted by molar-refractivity contribution is 7.12. The lowest BCUT2D eigenvalue weighted by molar-refractivity contribution is 0.431. The fourth-order valence-corrected chi connectivity index (χ4v) is 4.77. The Bertz CT molecular complexity index is 353. The van der Waals surface area contributed by atoms with Crippen LogP contribution in [0.5, 0.6) is 0 Å². The number of aryl methyl sites for hydroxylation is 2. The van der Waals surface area contributed by atoms with Crippen molar-refractivity contribution in [3.63, 3.8) is 0 Å². The number of nitrogens with two attached hydrogens (primary N) is 1. The Morgan fingerprint density at radius 1 is 1.18 bits per heavy atom. The molecule has 0 aliphatic heterocycles. The zero-order valence-electron chi connectivity index (χ0n) is 10.6. The van der Waals surface area contributed by atoms with Crippen LogP contribution in [0.15, 0.2) is 6.07 Å². The molecule has 0 saturated heterocycles. The van der Waals surface area contributed by atoms with E-state index in [1.807, 2.05) is 11.3 Å². The summed E-state index contributed by atoms with van der Waals surface area (Å²) in [5.74, 6) is 0.800. The van der Waals surface area contributed by atoms with Crippen LogP contribution in [0.3, 0.4) is 0 Å². The third-order valence-electron chi connectivity index (χ3n) is 4.49. The summed E-state index contributed by atoms with van der Waals surface area (Å²) in [6.07, 6.45) is 12.1. The molecule has 17 heavy (non-hydrogen) atoms. The molecule has 3 rings (SSSR count). The number of rotatable bonds is 3. The van der Waals surface area contributed by atoms with E-state index in [0.717, 1.165) is 12.3 Å². The maximum atomic E-state index is 6.38. The normalized spacial score (nSPS) is 22.6. The highest BCUT2D eigenvalue weighted by Gasteiger charge is 2.23. The largest absolute Gasteiger partial charge is 0.327 e. The van der Waals surface area contributed by atoms with Gasteiger partial charge in [0.25, 0.3) is 0 Å². The van der Waals surface area contributed by atoms with Gasteiger partial charge in [0.2, 0.25) is 0 Å². The molecule has 2 N–H and O–H groups in total. The average Bonchev–Trinajstić information content (AvgIpc) is 2.97. The van der Waals surface area contributed by atoms with Gasteiger partial charge >= 0.3 is 0 Å². The van der Waals surface area contributed by atoms with Crippen molar-refractivity contribution in [3.8, 4) is 0 Å². The predicted molar refractivity (Wildman–Crippen MR) is 74.6 cm³/mol. The van der Waals surface area contributed by atoms with Gasteiger partial charge in [-0.3, -0.25) is 0 Å². The monoisotopic (exact) mass is 249 g/mol. The minimum Gasteiger partial charge on any atom is -0.327 e. The Morgan fingerprint density at radius 3 is 2.71 bits per heavy atom. The van der Waals surface area contributed by atoms with Gasteiger partial charge in [-0.15, -0.1) is 11.3 Å². The van der Waals surface area contributed by atoms with E-state index in [2.05, 4.69) is 6.07 Å². The maximum Gasteiger partial charge on any atom is 0.0116 e. The summed E-state index contributed by atoms with van der Waals surface area (Å²) in [5.41, 5.74) is 8.01. The quantitative estimate of drug-likeness (QED) is 0.868. The van der Waals surface area contributed by atoms with Crippen LogP contribution in [0, 0.1) is 5.92 Å². The molecule has 2 aliphatic carbocycles. The first-order valence-corrected chi connectivity index (χ1v) is 8.00. The standard InChI is InChI=1S/C15H23NS/c16-14(11-5-1-2-6-11)10-13-9-12-7-3-4-8-15(12)17-13/h9,11,14H,1-8,10,16H2. The van der Waals surface area contributed by atoms with E-state index in [1.165, 1.54) is 51.4 Å². The van der Waals surface area contributed by atoms with Crippen LogP contribution in [-0.4, -0.2) is 6.04 Å². The molecule has 1 aromatic rings. The molecule has 94 valence electrons. The minimum atomic E-state index is 0.414. The van der Waals surface area contributed by atoms with Crippen molar-refractivity contribution < 1.29 is 0 Å². The molecule has 0 aromatic carbocycles. The fourth-order valence-electron chi connectivity index (χ4n) is 3.44. The summed E-state index contributed by atoms with van der Waals surface area (Å²) in [4.78, 5) is 3.21. The first kappa shape index (κ1) is 11.7. The first-order chi connectivity index (χ1) is 8.33. The molecule has 0 bridgehead atoms. The summed E-state index contributed by atoms with van der Waals surface area (Å²) in [6.45, 7) is 0. The van der Waals surface area contributed by atoms with Gasteiger partial charge in [-0.25, -0.2) is 0 Å². The first-order valence-electron chi connectivity index (χ1n) is 7.19. The number of thiophene rings is 1. The van der Waals surface area contributed by atoms with E-state index in [9.17, 15) is 0 Å². The molecule has 2 aliphatic rings. The van der Waals surface area contributed by atoms with Crippen molar-refractivity contribution >= 4 is 11.3 Å². The van der Waals surface area contributed by atoms with E-state index >= 15 is 0 Å². The number of hydrogen-bond acceptors (Lipinski definition) is 2. The van der Waals surface area contributed by atoms with Gasteiger partial charge in [-0.1, -0.05) is 12.8 Å². The van der Waals surface area contributed by atoms with Crippen LogP contribution in [0.4, 0.5) is 0 Å². The lowest BCUT2D eigenvalue weighted by Gasteiger charge is -2.17. The van der Waals surface area contributed by atoms with Crippen LogP contribution in [0.25, 0.3) is 0 Å². The lowest BCUT2D eigenvalue weighted by atomic mass is 9.94. The van der Waals surface area contributed by atoms with Gasteiger partial charge in [-0.2, -0.15) is 0 Å². The van der Waals surface area contributed by atoms with Crippen LogP contribution in [-0.2, 0) is 19.3 Å². The topological polar surface area (TPSA) is 26.0 Å². The molecule has 1 heterocycles. The second kappa shape index (κ2) is 5.11. The van der Waals surface area contributed by atoms with Gasteiger partial charge in [0.05, 0.1) is 0 Å². The Hall–Kier alpha value is -0.340. The van der Waals surface area contributed by atoms with Crippen LogP contribution < -0.4 is 5.73 Å². The summed E-state index contributed by atoms with van der Waals surface area (Å²) in [7, 11) is 0. The second-order valence-corrected chi connectivity index (χ2v) is 7.00. The van der Waals surface area contributed by atoms with Crippen LogP contribution >= 0.6 is 11.3 Å². The van der Waals surface area contributed by atoms with Crippen molar-refractivity contribution in [1.29, 1.82) is 0 Å². The summed E-state index contributed by atoms with van der Waals surface area (Å²) >= 11 is 2.04. The number of fused-ring (bicyclic) bond motifs is 1. The fraction of sp³-hybridized carbons (Fsp3) is 0.733. The van der Waals surface area contributed by atoms with Crippen LogP contribution in [0.1, 0.15) is 53.8 Å². The van der Waals surface area contributed by atoms with Crippen molar-refractivity contribution in [2.75, 3.05) is 0 Å². The van der Waals surface area contributed by atoms with Gasteiger partial charge in [0, 0.05) is 15.8 Å². The zero-order chi connectivity index (χ0) is 11.7. The Labute approximate surface area is 108 Å². The Morgan fingerprint density at radius 2 is 1.94 bits per heavy atom. The molecule has 0 spiro atoms. The summed E-state index contributed by atoms with van der Waals surface area (Å²) in [6, 6.07) is 2.87. The van der Waals surface area contributed by atoms with Gasteiger partial charge in [0.15, 0.2) is 0 Å². The Kier molecular flexibility index (Phi) is 3.53. The minimum absolute atomic E-state index is 0.414. The molecule has 0 amide bonds. The summed E-state index contributed by atoms with van der Waals surface area (Å²) in [5, 5.41) is 0. The van der Waals surface area contributed by atoms with Crippen molar-refractivity contribution in [1.82, 2.24) is 0 Å². The second-order valence-electron chi connectivity index (χ2n) is 5.78. The number of hydrogen-bond donors (Lipinski definition) is 1. The molecule has 1 atom stereocenters. The van der Waals surface area contributed by atoms with E-state index in [0.29, 0.717) is 6.04 Å². The predicted octanol–water partition coefficient (Wildman–Crippen LogP) is 3.69. The highest BCUT2D eigenvalue weighted by atomic mass is 32.1. The smallest absolute Gasteiger partial charge is 0.0116 e. The molecule has 2 heteroatoms. The van der Waals surface area contributed by atoms with E-state index < -0.39 is 0 Å². The molecule has 1 aromatic heterocycles. The molecule has 1 nitrogen and oxygen atoms in total. The highest BCUT2D eigenvalue weighted by Crippen LogP contribution is 2.33. The third-order valence-corrected chi connectivity index (χ3v) is 5.75. The van der Waals surface area contributed by atoms with Crippen LogP contribution in [0.2, 0.25) is 0 Å². The third kappa shape index (κ3) is 2.58. The molecule has 0 radical (unpaired) electrons. The van der Waals surface area contributed by atoms with E-state index in [-0.39, 0.29) is 0 Å². The molecule has 1 unspecified atom stereocenters. The SMILES string of the molecule is NC(Cc1cc2c(s1)CCCC2)C1CCCC1. The van der Waals surface area contributed by atoms with Crippen molar-refractivity contribution in [2.45, 2.75) is 63.8 Å². The van der Waals surface area contributed by atoms with Gasteiger partial charge in [0.1, 0.15) is 0 Å². The zero-order valence-corrected chi connectivity index (χ0v) is 11.4. The molecular weight excluding hydrogens is 226 g/mol.